The maximum atomic E-state index is 12.6. The first-order valence-corrected chi connectivity index (χ1v) is 9.45. The largest absolute Gasteiger partial charge is 0.349 e. The molecular weight excluding hydrogens is 320 g/mol. The summed E-state index contributed by atoms with van der Waals surface area (Å²) in [5.74, 6) is 0.488. The molecule has 0 saturated carbocycles. The van der Waals surface area contributed by atoms with E-state index < -0.39 is 0 Å². The van der Waals surface area contributed by atoms with E-state index in [0.717, 1.165) is 19.3 Å². The van der Waals surface area contributed by atoms with Gasteiger partial charge in [-0.1, -0.05) is 56.3 Å². The van der Waals surface area contributed by atoms with Crippen LogP contribution in [0.25, 0.3) is 0 Å². The van der Waals surface area contributed by atoms with Crippen LogP contribution in [-0.2, 0) is 6.42 Å². The molecule has 2 aromatic rings. The number of nitrogens with two attached hydrogens (primary N) is 1. The van der Waals surface area contributed by atoms with E-state index in [1.165, 1.54) is 11.1 Å². The number of hydrogen-bond donors (Lipinski definition) is 2. The summed E-state index contributed by atoms with van der Waals surface area (Å²) in [5.41, 5.74) is 9.04. The third-order valence-electron chi connectivity index (χ3n) is 4.33. The molecule has 0 radical (unpaired) electrons. The van der Waals surface area contributed by atoms with Gasteiger partial charge in [-0.2, -0.15) is 0 Å². The Hall–Kier alpha value is -2.13. The number of rotatable bonds is 8. The van der Waals surface area contributed by atoms with E-state index in [2.05, 4.69) is 31.3 Å². The highest BCUT2D eigenvalue weighted by atomic mass is 16.1. The van der Waals surface area contributed by atoms with Crippen molar-refractivity contribution in [3.8, 4) is 0 Å². The van der Waals surface area contributed by atoms with E-state index in [4.69, 9.17) is 5.73 Å². The van der Waals surface area contributed by atoms with Crippen molar-refractivity contribution in [2.75, 3.05) is 0 Å². The van der Waals surface area contributed by atoms with Gasteiger partial charge >= 0.3 is 0 Å². The Bertz CT molecular complexity index is 684. The van der Waals surface area contributed by atoms with Gasteiger partial charge in [-0.3, -0.25) is 4.79 Å². The number of carbonyl (C=O) groups is 1. The molecule has 140 valence electrons. The number of hydrogen-bond acceptors (Lipinski definition) is 2. The van der Waals surface area contributed by atoms with E-state index in [-0.39, 0.29) is 17.5 Å². The molecule has 3 nitrogen and oxygen atoms in total. The molecule has 1 unspecified atom stereocenters. The molecule has 1 amide bonds. The standard InChI is InChI=1S/C23H32N2O/c1-17(2)14-21(16-23(3,4)24)25-22(26)20-12-10-19(11-13-20)15-18-8-6-5-7-9-18/h5-13,17,21H,14-16,24H2,1-4H3,(H,25,26). The maximum absolute atomic E-state index is 12.6. The van der Waals surface area contributed by atoms with Gasteiger partial charge in [0.1, 0.15) is 0 Å². The molecule has 0 fully saturated rings. The molecule has 0 saturated heterocycles. The summed E-state index contributed by atoms with van der Waals surface area (Å²) >= 11 is 0. The molecule has 3 N–H and O–H groups in total. The van der Waals surface area contributed by atoms with Crippen LogP contribution in [0.4, 0.5) is 0 Å². The SMILES string of the molecule is CC(C)CC(CC(C)(C)N)NC(=O)c1ccc(Cc2ccccc2)cc1. The van der Waals surface area contributed by atoms with Gasteiger partial charge in [-0.25, -0.2) is 0 Å². The molecule has 3 heteroatoms. The Labute approximate surface area is 158 Å². The summed E-state index contributed by atoms with van der Waals surface area (Å²) in [4.78, 5) is 12.6. The second-order valence-corrected chi connectivity index (χ2v) is 8.35. The molecule has 0 aliphatic heterocycles. The number of nitrogens with one attached hydrogen (secondary N) is 1. The average Bonchev–Trinajstić information content (AvgIpc) is 2.54. The van der Waals surface area contributed by atoms with E-state index in [1.807, 2.05) is 56.3 Å². The Kier molecular flexibility index (Phi) is 6.98. The second kappa shape index (κ2) is 9.00. The number of amides is 1. The average molecular weight is 353 g/mol. The van der Waals surface area contributed by atoms with Crippen LogP contribution in [-0.4, -0.2) is 17.5 Å². The smallest absolute Gasteiger partial charge is 0.251 e. The first kappa shape index (κ1) is 20.2. The van der Waals surface area contributed by atoms with Crippen molar-refractivity contribution < 1.29 is 4.79 Å². The fourth-order valence-electron chi connectivity index (χ4n) is 3.27. The van der Waals surface area contributed by atoms with Crippen LogP contribution in [0.15, 0.2) is 54.6 Å². The van der Waals surface area contributed by atoms with Gasteiger partial charge in [0.25, 0.3) is 5.91 Å². The predicted octanol–water partition coefficient (Wildman–Crippen LogP) is 4.55. The van der Waals surface area contributed by atoms with Gasteiger partial charge in [0.2, 0.25) is 0 Å². The minimum Gasteiger partial charge on any atom is -0.349 e. The van der Waals surface area contributed by atoms with Crippen molar-refractivity contribution in [1.29, 1.82) is 0 Å². The molecule has 0 spiro atoms. The monoisotopic (exact) mass is 352 g/mol. The zero-order valence-corrected chi connectivity index (χ0v) is 16.5. The zero-order chi connectivity index (χ0) is 19.2. The Morgan fingerprint density at radius 3 is 2.12 bits per heavy atom. The lowest BCUT2D eigenvalue weighted by atomic mass is 9.91. The molecule has 0 heterocycles. The van der Waals surface area contributed by atoms with Crippen LogP contribution >= 0.6 is 0 Å². The molecule has 0 bridgehead atoms. The third kappa shape index (κ3) is 7.01. The van der Waals surface area contributed by atoms with E-state index in [1.54, 1.807) is 0 Å². The normalized spacial score (nSPS) is 12.8. The molecule has 2 aromatic carbocycles. The van der Waals surface area contributed by atoms with Crippen molar-refractivity contribution in [1.82, 2.24) is 5.32 Å². The summed E-state index contributed by atoms with van der Waals surface area (Å²) < 4.78 is 0. The van der Waals surface area contributed by atoms with Crippen molar-refractivity contribution in [2.24, 2.45) is 11.7 Å². The minimum atomic E-state index is -0.299. The molecule has 0 aliphatic rings. The molecule has 1 atom stereocenters. The van der Waals surface area contributed by atoms with Gasteiger partial charge in [0.15, 0.2) is 0 Å². The minimum absolute atomic E-state index is 0.0221. The predicted molar refractivity (Wildman–Crippen MR) is 109 cm³/mol. The van der Waals surface area contributed by atoms with Gasteiger partial charge in [-0.15, -0.1) is 0 Å². The summed E-state index contributed by atoms with van der Waals surface area (Å²) in [6.07, 6.45) is 2.57. The van der Waals surface area contributed by atoms with Crippen molar-refractivity contribution in [3.63, 3.8) is 0 Å². The Morgan fingerprint density at radius 1 is 1.00 bits per heavy atom. The lowest BCUT2D eigenvalue weighted by Crippen LogP contribution is -2.44. The van der Waals surface area contributed by atoms with E-state index >= 15 is 0 Å². The molecule has 26 heavy (non-hydrogen) atoms. The number of benzene rings is 2. The first-order chi connectivity index (χ1) is 12.2. The summed E-state index contributed by atoms with van der Waals surface area (Å²) in [6, 6.07) is 18.3. The van der Waals surface area contributed by atoms with Crippen LogP contribution < -0.4 is 11.1 Å². The van der Waals surface area contributed by atoms with Gasteiger partial charge < -0.3 is 11.1 Å². The quantitative estimate of drug-likeness (QED) is 0.732. The lowest BCUT2D eigenvalue weighted by Gasteiger charge is -2.28. The van der Waals surface area contributed by atoms with E-state index in [0.29, 0.717) is 11.5 Å². The summed E-state index contributed by atoms with van der Waals surface area (Å²) in [5, 5.41) is 3.17. The highest BCUT2D eigenvalue weighted by Crippen LogP contribution is 2.16. The van der Waals surface area contributed by atoms with Crippen LogP contribution in [0.1, 0.15) is 62.0 Å². The Morgan fingerprint density at radius 2 is 1.58 bits per heavy atom. The van der Waals surface area contributed by atoms with Crippen LogP contribution in [0.2, 0.25) is 0 Å². The topological polar surface area (TPSA) is 55.1 Å². The van der Waals surface area contributed by atoms with Crippen LogP contribution in [0.5, 0.6) is 0 Å². The molecule has 2 rings (SSSR count). The summed E-state index contributed by atoms with van der Waals surface area (Å²) in [6.45, 7) is 8.35. The van der Waals surface area contributed by atoms with Gasteiger partial charge in [-0.05, 0) is 62.3 Å². The zero-order valence-electron chi connectivity index (χ0n) is 16.5. The maximum Gasteiger partial charge on any atom is 0.251 e. The van der Waals surface area contributed by atoms with Crippen LogP contribution in [0.3, 0.4) is 0 Å². The molecular formula is C23H32N2O. The Balaban J connectivity index is 2.01. The second-order valence-electron chi connectivity index (χ2n) is 8.35. The number of carbonyl (C=O) groups excluding carboxylic acids is 1. The molecule has 0 aromatic heterocycles. The first-order valence-electron chi connectivity index (χ1n) is 9.45. The van der Waals surface area contributed by atoms with Crippen molar-refractivity contribution >= 4 is 5.91 Å². The van der Waals surface area contributed by atoms with E-state index in [9.17, 15) is 4.79 Å². The van der Waals surface area contributed by atoms with Gasteiger partial charge in [0.05, 0.1) is 0 Å². The lowest BCUT2D eigenvalue weighted by molar-refractivity contribution is 0.0925. The highest BCUT2D eigenvalue weighted by molar-refractivity contribution is 5.94. The van der Waals surface area contributed by atoms with Gasteiger partial charge in [0, 0.05) is 17.1 Å². The van der Waals surface area contributed by atoms with Crippen molar-refractivity contribution in [3.05, 3.63) is 71.3 Å². The fourth-order valence-corrected chi connectivity index (χ4v) is 3.27. The van der Waals surface area contributed by atoms with Crippen molar-refractivity contribution in [2.45, 2.75) is 58.5 Å². The van der Waals surface area contributed by atoms with Crippen LogP contribution in [0, 0.1) is 5.92 Å². The summed E-state index contributed by atoms with van der Waals surface area (Å²) in [7, 11) is 0. The highest BCUT2D eigenvalue weighted by Gasteiger charge is 2.22. The third-order valence-corrected chi connectivity index (χ3v) is 4.33. The molecule has 0 aliphatic carbocycles. The fraction of sp³-hybridized carbons (Fsp3) is 0.435.